The molecule has 0 N–H and O–H groups in total. The molecule has 0 spiro atoms. The number of rotatable bonds is 6. The lowest BCUT2D eigenvalue weighted by Crippen LogP contribution is -2.11. The monoisotopic (exact) mass is 1100 g/mol. The summed E-state index contributed by atoms with van der Waals surface area (Å²) in [5.41, 5.74) is -5.06. The summed E-state index contributed by atoms with van der Waals surface area (Å²) < 4.78 is 215. The maximum absolute atomic E-state index is 14.1. The summed E-state index contributed by atoms with van der Waals surface area (Å²) in [6, 6.07) is 40.4. The van der Waals surface area contributed by atoms with Crippen molar-refractivity contribution in [2.24, 2.45) is 0 Å². The number of hydrogen-bond donors (Lipinski definition) is 0. The van der Waals surface area contributed by atoms with Crippen molar-refractivity contribution in [2.45, 2.75) is 30.9 Å². The van der Waals surface area contributed by atoms with Crippen LogP contribution < -0.4 is 0 Å². The zero-order chi connectivity index (χ0) is 57.0. The summed E-state index contributed by atoms with van der Waals surface area (Å²) in [5.74, 6) is 0. The summed E-state index contributed by atoms with van der Waals surface area (Å²) in [7, 11) is 0. The third-order valence-corrected chi connectivity index (χ3v) is 13.9. The standard InChI is InChI=1S/C61H29F15N4/c62-57(63,64)39-13-16-44(38(24-39)31-78)35-10-15-48(56(27-35)80-52-8-4-2-6-46(52)50-26-34(12-18-54(50)80)37-22-42(60(71,72)73)29-43(23-37)61(74,75)76)47-14-9-32(30-77)19-55(47)79-51-7-3-1-5-45(51)49-25-33(11-17-53(49)79)36-20-40(58(65,66)67)28-41(21-36)59(68,69)70/h1-29H. The maximum Gasteiger partial charge on any atom is 0.416 e. The van der Waals surface area contributed by atoms with E-state index in [-0.39, 0.29) is 56.8 Å². The van der Waals surface area contributed by atoms with Crippen molar-refractivity contribution in [3.8, 4) is 68.0 Å². The summed E-state index contributed by atoms with van der Waals surface area (Å²) in [5, 5.41) is 22.3. The van der Waals surface area contributed by atoms with Gasteiger partial charge in [0.1, 0.15) is 0 Å². The second kappa shape index (κ2) is 18.6. The topological polar surface area (TPSA) is 57.4 Å². The predicted octanol–water partition coefficient (Wildman–Crippen LogP) is 19.4. The first kappa shape index (κ1) is 52.6. The molecule has 11 aromatic rings. The zero-order valence-electron chi connectivity index (χ0n) is 40.2. The smallest absolute Gasteiger partial charge is 0.309 e. The van der Waals surface area contributed by atoms with Crippen LogP contribution in [0.25, 0.3) is 99.5 Å². The summed E-state index contributed by atoms with van der Waals surface area (Å²) in [6.07, 6.45) is -25.4. The molecule has 0 unspecified atom stereocenters. The molecule has 11 rings (SSSR count). The van der Waals surface area contributed by atoms with Crippen LogP contribution >= 0.6 is 0 Å². The van der Waals surface area contributed by atoms with Gasteiger partial charge in [-0.1, -0.05) is 72.8 Å². The van der Waals surface area contributed by atoms with Crippen LogP contribution in [0.2, 0.25) is 0 Å². The Bertz CT molecular complexity index is 4370. The van der Waals surface area contributed by atoms with Gasteiger partial charge in [0.15, 0.2) is 0 Å². The first-order chi connectivity index (χ1) is 37.7. The molecule has 0 atom stereocenters. The Morgan fingerprint density at radius 2 is 0.675 bits per heavy atom. The van der Waals surface area contributed by atoms with E-state index in [1.165, 1.54) is 42.5 Å². The van der Waals surface area contributed by atoms with Crippen molar-refractivity contribution >= 4 is 43.6 Å². The fraction of sp³-hybridized carbons (Fsp3) is 0.0820. The molecule has 9 aromatic carbocycles. The number of hydrogen-bond acceptors (Lipinski definition) is 2. The molecule has 0 saturated heterocycles. The SMILES string of the molecule is N#Cc1ccc(-c2ccc(-c3ccc(C(F)(F)F)cc3C#N)cc2-n2c3ccccc3c3cc(-c4cc(C(F)(F)F)cc(C(F)(F)F)c4)ccc32)c(-n2c3ccccc3c3cc(-c4cc(C(F)(F)F)cc(C(F)(F)F)c4)ccc32)c1. The highest BCUT2D eigenvalue weighted by Gasteiger charge is 2.39. The Balaban J connectivity index is 1.19. The molecule has 4 nitrogen and oxygen atoms in total. The van der Waals surface area contributed by atoms with Gasteiger partial charge >= 0.3 is 30.9 Å². The van der Waals surface area contributed by atoms with E-state index in [1.54, 1.807) is 88.0 Å². The average Bonchev–Trinajstić information content (AvgIpc) is 4.18. The van der Waals surface area contributed by atoms with Crippen LogP contribution in [0.4, 0.5) is 65.9 Å². The third kappa shape index (κ3) is 9.27. The zero-order valence-corrected chi connectivity index (χ0v) is 40.2. The van der Waals surface area contributed by atoms with Crippen LogP contribution in [0.3, 0.4) is 0 Å². The molecular formula is C61H29F15N4. The first-order valence-electron chi connectivity index (χ1n) is 23.7. The van der Waals surface area contributed by atoms with Gasteiger partial charge in [-0.15, -0.1) is 0 Å². The van der Waals surface area contributed by atoms with Crippen LogP contribution in [-0.4, -0.2) is 9.13 Å². The Hall–Kier alpha value is -9.49. The molecule has 19 heteroatoms. The fourth-order valence-corrected chi connectivity index (χ4v) is 10.3. The van der Waals surface area contributed by atoms with Gasteiger partial charge in [-0.05, 0) is 137 Å². The number of para-hydroxylation sites is 2. The highest BCUT2D eigenvalue weighted by molar-refractivity contribution is 6.13. The molecule has 0 radical (unpaired) electrons. The third-order valence-electron chi connectivity index (χ3n) is 13.9. The van der Waals surface area contributed by atoms with Crippen molar-refractivity contribution in [3.63, 3.8) is 0 Å². The largest absolute Gasteiger partial charge is 0.416 e. The van der Waals surface area contributed by atoms with Gasteiger partial charge in [0.05, 0.1) is 84.5 Å². The van der Waals surface area contributed by atoms with Gasteiger partial charge in [0.2, 0.25) is 0 Å². The maximum atomic E-state index is 14.1. The molecule has 398 valence electrons. The summed E-state index contributed by atoms with van der Waals surface area (Å²) in [4.78, 5) is 0. The van der Waals surface area contributed by atoms with Crippen LogP contribution in [-0.2, 0) is 30.9 Å². The Morgan fingerprint density at radius 3 is 1.10 bits per heavy atom. The minimum Gasteiger partial charge on any atom is -0.309 e. The normalized spacial score (nSPS) is 12.7. The van der Waals surface area contributed by atoms with E-state index in [0.717, 1.165) is 12.1 Å². The van der Waals surface area contributed by atoms with Gasteiger partial charge in [-0.2, -0.15) is 76.4 Å². The molecule has 0 amide bonds. The quantitative estimate of drug-likeness (QED) is 0.156. The lowest BCUT2D eigenvalue weighted by atomic mass is 9.93. The molecule has 0 bridgehead atoms. The number of nitriles is 2. The number of benzene rings is 9. The Labute approximate surface area is 441 Å². The molecule has 0 aliphatic rings. The van der Waals surface area contributed by atoms with E-state index in [0.29, 0.717) is 90.8 Å². The van der Waals surface area contributed by atoms with Crippen LogP contribution in [0.1, 0.15) is 38.9 Å². The average molecular weight is 1100 g/mol. The molecule has 0 fully saturated rings. The van der Waals surface area contributed by atoms with Gasteiger partial charge in [-0.3, -0.25) is 0 Å². The summed E-state index contributed by atoms with van der Waals surface area (Å²) >= 11 is 0. The minimum absolute atomic E-state index is 0.00394. The van der Waals surface area contributed by atoms with Crippen LogP contribution in [0.15, 0.2) is 176 Å². The van der Waals surface area contributed by atoms with E-state index in [1.807, 2.05) is 6.07 Å². The number of fused-ring (bicyclic) bond motifs is 6. The highest BCUT2D eigenvalue weighted by atomic mass is 19.4. The predicted molar refractivity (Wildman–Crippen MR) is 271 cm³/mol. The van der Waals surface area contributed by atoms with Crippen molar-refractivity contribution < 1.29 is 65.9 Å². The number of aromatic nitrogens is 2. The van der Waals surface area contributed by atoms with Crippen molar-refractivity contribution in [3.05, 3.63) is 215 Å². The molecule has 2 aromatic heterocycles. The molecule has 0 aliphatic carbocycles. The number of nitrogens with zero attached hydrogens (tertiary/aromatic N) is 4. The van der Waals surface area contributed by atoms with E-state index in [2.05, 4.69) is 6.07 Å². The van der Waals surface area contributed by atoms with Gasteiger partial charge in [-0.25, -0.2) is 0 Å². The van der Waals surface area contributed by atoms with E-state index >= 15 is 0 Å². The van der Waals surface area contributed by atoms with E-state index in [4.69, 9.17) is 0 Å². The first-order valence-corrected chi connectivity index (χ1v) is 23.7. The van der Waals surface area contributed by atoms with Gasteiger partial charge in [0.25, 0.3) is 0 Å². The Morgan fingerprint density at radius 1 is 0.287 bits per heavy atom. The minimum atomic E-state index is -5.15. The highest BCUT2D eigenvalue weighted by Crippen LogP contribution is 2.47. The Kier molecular flexibility index (Phi) is 12.2. The second-order valence-electron chi connectivity index (χ2n) is 18.7. The molecule has 2 heterocycles. The van der Waals surface area contributed by atoms with Crippen molar-refractivity contribution in [2.75, 3.05) is 0 Å². The van der Waals surface area contributed by atoms with Crippen molar-refractivity contribution in [1.29, 1.82) is 10.5 Å². The molecule has 80 heavy (non-hydrogen) atoms. The number of alkyl halides is 15. The van der Waals surface area contributed by atoms with Crippen LogP contribution in [0, 0.1) is 22.7 Å². The van der Waals surface area contributed by atoms with Gasteiger partial charge in [0, 0.05) is 32.7 Å². The number of halogens is 15. The molecular weight excluding hydrogens is 1070 g/mol. The second-order valence-corrected chi connectivity index (χ2v) is 18.7. The van der Waals surface area contributed by atoms with Crippen molar-refractivity contribution in [1.82, 2.24) is 9.13 Å². The van der Waals surface area contributed by atoms with Gasteiger partial charge < -0.3 is 9.13 Å². The van der Waals surface area contributed by atoms with E-state index in [9.17, 15) is 76.4 Å². The lowest BCUT2D eigenvalue weighted by Gasteiger charge is -2.20. The fourth-order valence-electron chi connectivity index (χ4n) is 10.3. The van der Waals surface area contributed by atoms with E-state index < -0.39 is 64.3 Å². The lowest BCUT2D eigenvalue weighted by molar-refractivity contribution is -0.144. The summed E-state index contributed by atoms with van der Waals surface area (Å²) in [6.45, 7) is 0. The molecule has 0 saturated carbocycles. The van der Waals surface area contributed by atoms with Crippen LogP contribution in [0.5, 0.6) is 0 Å². The molecule has 0 aliphatic heterocycles.